The van der Waals surface area contributed by atoms with Crippen LogP contribution >= 0.6 is 0 Å². The van der Waals surface area contributed by atoms with Gasteiger partial charge in [0.05, 0.1) is 0 Å². The van der Waals surface area contributed by atoms with Gasteiger partial charge in [-0.2, -0.15) is 0 Å². The van der Waals surface area contributed by atoms with Crippen LogP contribution in [0.1, 0.15) is 18.9 Å². The average molecular weight is 264 g/mol. The number of aromatic hydroxyl groups is 1. The van der Waals surface area contributed by atoms with Gasteiger partial charge in [-0.1, -0.05) is 17.2 Å². The number of benzene rings is 1. The lowest BCUT2D eigenvalue weighted by molar-refractivity contribution is -0.144. The van der Waals surface area contributed by atoms with E-state index in [0.717, 1.165) is 0 Å². The van der Waals surface area contributed by atoms with Crippen LogP contribution in [0.15, 0.2) is 29.4 Å². The molecule has 0 radical (unpaired) electrons. The first-order valence-corrected chi connectivity index (χ1v) is 5.79. The Balaban J connectivity index is 2.80. The van der Waals surface area contributed by atoms with Crippen LogP contribution in [0.3, 0.4) is 0 Å². The Morgan fingerprint density at radius 3 is 2.89 bits per heavy atom. The molecular weight excluding hydrogens is 248 g/mol. The van der Waals surface area contributed by atoms with Crippen molar-refractivity contribution in [2.24, 2.45) is 5.11 Å². The smallest absolute Gasteiger partial charge is 0.328 e. The maximum atomic E-state index is 11.4. The number of hydrogen-bond donors (Lipinski definition) is 3. The van der Waals surface area contributed by atoms with E-state index in [2.05, 4.69) is 15.3 Å². The Bertz CT molecular complexity index is 500. The number of rotatable bonds is 7. The summed E-state index contributed by atoms with van der Waals surface area (Å²) in [5.41, 5.74) is 7.30. The van der Waals surface area contributed by atoms with E-state index >= 15 is 0 Å². The van der Waals surface area contributed by atoms with Crippen LogP contribution in [0.25, 0.3) is 10.4 Å². The van der Waals surface area contributed by atoms with E-state index in [1.54, 1.807) is 12.1 Å². The minimum Gasteiger partial charge on any atom is -0.508 e. The highest BCUT2D eigenvalue weighted by atomic mass is 16.4. The largest absolute Gasteiger partial charge is 0.508 e. The van der Waals surface area contributed by atoms with Gasteiger partial charge in [0, 0.05) is 11.5 Å². The first-order valence-electron chi connectivity index (χ1n) is 5.79. The second-order valence-electron chi connectivity index (χ2n) is 4.22. The van der Waals surface area contributed by atoms with Crippen molar-refractivity contribution in [1.82, 2.24) is 5.32 Å². The fourth-order valence-electron chi connectivity index (χ4n) is 1.65. The molecule has 1 rings (SSSR count). The number of hydrogen-bond acceptors (Lipinski definition) is 4. The van der Waals surface area contributed by atoms with Gasteiger partial charge in [-0.15, -0.1) is 0 Å². The molecule has 1 unspecified atom stereocenters. The second kappa shape index (κ2) is 6.63. The molecule has 0 aromatic heterocycles. The van der Waals surface area contributed by atoms with Crippen LogP contribution in [-0.4, -0.2) is 29.3 Å². The average Bonchev–Trinajstić information content (AvgIpc) is 2.38. The zero-order valence-electron chi connectivity index (χ0n) is 10.6. The number of phenols is 1. The molecule has 0 spiro atoms. The summed E-state index contributed by atoms with van der Waals surface area (Å²) in [6.45, 7) is 2.22. The van der Waals surface area contributed by atoms with Gasteiger partial charge in [-0.3, -0.25) is 5.32 Å². The lowest BCUT2D eigenvalue weighted by atomic mass is 9.91. The number of carbonyl (C=O) groups is 1. The molecule has 0 aliphatic carbocycles. The summed E-state index contributed by atoms with van der Waals surface area (Å²) in [7, 11) is 0. The van der Waals surface area contributed by atoms with Crippen LogP contribution in [0.4, 0.5) is 0 Å². The maximum Gasteiger partial charge on any atom is 0.328 e. The minimum atomic E-state index is -1.30. The van der Waals surface area contributed by atoms with Gasteiger partial charge >= 0.3 is 5.97 Å². The molecule has 3 N–H and O–H groups in total. The zero-order chi connectivity index (χ0) is 14.3. The molecule has 0 fully saturated rings. The van der Waals surface area contributed by atoms with E-state index in [0.29, 0.717) is 25.1 Å². The number of aliphatic carboxylic acids is 1. The predicted molar refractivity (Wildman–Crippen MR) is 69.7 cm³/mol. The van der Waals surface area contributed by atoms with Crippen LogP contribution in [0.5, 0.6) is 5.75 Å². The molecule has 0 saturated heterocycles. The molecule has 1 aromatic rings. The molecule has 0 aliphatic rings. The Labute approximate surface area is 110 Å². The summed E-state index contributed by atoms with van der Waals surface area (Å²) in [5, 5.41) is 25.1. The monoisotopic (exact) mass is 264 g/mol. The van der Waals surface area contributed by atoms with Gasteiger partial charge < -0.3 is 10.2 Å². The Hall–Kier alpha value is -2.24. The van der Waals surface area contributed by atoms with Gasteiger partial charge in [0.25, 0.3) is 0 Å². The molecule has 102 valence electrons. The lowest BCUT2D eigenvalue weighted by Gasteiger charge is -2.27. The summed E-state index contributed by atoms with van der Waals surface area (Å²) < 4.78 is 0. The number of azide groups is 1. The van der Waals surface area contributed by atoms with Crippen LogP contribution in [0, 0.1) is 0 Å². The van der Waals surface area contributed by atoms with Crippen molar-refractivity contribution in [3.63, 3.8) is 0 Å². The summed E-state index contributed by atoms with van der Waals surface area (Å²) in [6.07, 6.45) is 0.533. The van der Waals surface area contributed by atoms with Crippen molar-refractivity contribution in [1.29, 1.82) is 0 Å². The summed E-state index contributed by atoms with van der Waals surface area (Å²) in [4.78, 5) is 14.0. The molecule has 7 nitrogen and oxygen atoms in total. The summed E-state index contributed by atoms with van der Waals surface area (Å²) >= 11 is 0. The molecule has 0 amide bonds. The topological polar surface area (TPSA) is 118 Å². The molecule has 0 heterocycles. The first kappa shape index (κ1) is 14.8. The number of carboxylic acid groups (broad SMARTS) is 1. The van der Waals surface area contributed by atoms with Crippen molar-refractivity contribution in [3.05, 3.63) is 40.3 Å². The molecule has 1 aromatic carbocycles. The van der Waals surface area contributed by atoms with E-state index in [4.69, 9.17) is 5.53 Å². The quantitative estimate of drug-likeness (QED) is 0.302. The van der Waals surface area contributed by atoms with Crippen molar-refractivity contribution in [2.45, 2.75) is 18.9 Å². The highest BCUT2D eigenvalue weighted by Crippen LogP contribution is 2.24. The fraction of sp³-hybridized carbons (Fsp3) is 0.417. The van der Waals surface area contributed by atoms with E-state index < -0.39 is 11.5 Å². The zero-order valence-corrected chi connectivity index (χ0v) is 10.6. The van der Waals surface area contributed by atoms with Crippen LogP contribution < -0.4 is 5.32 Å². The Morgan fingerprint density at radius 1 is 1.58 bits per heavy atom. The molecule has 0 bridgehead atoms. The van der Waals surface area contributed by atoms with E-state index in [1.165, 1.54) is 19.1 Å². The molecule has 7 heteroatoms. The number of nitrogens with zero attached hydrogens (tertiary/aromatic N) is 3. The summed E-state index contributed by atoms with van der Waals surface area (Å²) in [6, 6.07) is 6.11. The molecule has 0 saturated carbocycles. The SMILES string of the molecule is CC(NCCCN=[N+]=[N-])(C(=O)O)c1cccc(O)c1. The lowest BCUT2D eigenvalue weighted by Crippen LogP contribution is -2.47. The fourth-order valence-corrected chi connectivity index (χ4v) is 1.65. The van der Waals surface area contributed by atoms with Crippen molar-refractivity contribution in [2.75, 3.05) is 13.1 Å². The van der Waals surface area contributed by atoms with Crippen molar-refractivity contribution >= 4 is 5.97 Å². The normalized spacial score (nSPS) is 13.3. The van der Waals surface area contributed by atoms with Crippen molar-refractivity contribution < 1.29 is 15.0 Å². The Kier molecular flexibility index (Phi) is 5.17. The third-order valence-corrected chi connectivity index (χ3v) is 2.83. The van der Waals surface area contributed by atoms with Gasteiger partial charge in [0.1, 0.15) is 11.3 Å². The molecule has 19 heavy (non-hydrogen) atoms. The second-order valence-corrected chi connectivity index (χ2v) is 4.22. The summed E-state index contributed by atoms with van der Waals surface area (Å²) in [5.74, 6) is -1.03. The van der Waals surface area contributed by atoms with Gasteiger partial charge in [-0.25, -0.2) is 4.79 Å². The highest BCUT2D eigenvalue weighted by Gasteiger charge is 2.34. The van der Waals surface area contributed by atoms with Gasteiger partial charge in [0.2, 0.25) is 0 Å². The first-order chi connectivity index (χ1) is 9.00. The molecule has 0 aliphatic heterocycles. The molecule has 1 atom stereocenters. The standard InChI is InChI=1S/C12H16N4O3/c1-12(11(18)19,14-6-3-7-15-16-13)9-4-2-5-10(17)8-9/h2,4-5,8,14,17H,3,6-7H2,1H3,(H,18,19). The number of nitrogens with one attached hydrogen (secondary N) is 1. The van der Waals surface area contributed by atoms with E-state index in [-0.39, 0.29) is 5.75 Å². The third-order valence-electron chi connectivity index (χ3n) is 2.83. The third kappa shape index (κ3) is 3.87. The van der Waals surface area contributed by atoms with E-state index in [1.807, 2.05) is 0 Å². The van der Waals surface area contributed by atoms with Crippen LogP contribution in [-0.2, 0) is 10.3 Å². The van der Waals surface area contributed by atoms with E-state index in [9.17, 15) is 15.0 Å². The van der Waals surface area contributed by atoms with Gasteiger partial charge in [-0.05, 0) is 43.1 Å². The Morgan fingerprint density at radius 2 is 2.32 bits per heavy atom. The molecular formula is C12H16N4O3. The predicted octanol–water partition coefficient (Wildman–Crippen LogP) is 1.98. The minimum absolute atomic E-state index is 0.0147. The highest BCUT2D eigenvalue weighted by molar-refractivity contribution is 5.80. The maximum absolute atomic E-state index is 11.4. The number of carboxylic acids is 1. The van der Waals surface area contributed by atoms with Crippen molar-refractivity contribution in [3.8, 4) is 5.75 Å². The number of phenolic OH excluding ortho intramolecular Hbond substituents is 1. The van der Waals surface area contributed by atoms with Gasteiger partial charge in [0.15, 0.2) is 0 Å². The van der Waals surface area contributed by atoms with Crippen LogP contribution in [0.2, 0.25) is 0 Å².